The molecule has 0 aromatic heterocycles. The van der Waals surface area contributed by atoms with Gasteiger partial charge in [0.05, 0.1) is 12.5 Å². The Morgan fingerprint density at radius 3 is 2.74 bits per heavy atom. The molecule has 1 unspecified atom stereocenters. The van der Waals surface area contributed by atoms with Crippen LogP contribution in [0.15, 0.2) is 30.9 Å². The summed E-state index contributed by atoms with van der Waals surface area (Å²) in [6.07, 6.45) is 2.07. The number of likely N-dealkylation sites (tertiary alicyclic amines) is 1. The van der Waals surface area contributed by atoms with Crippen molar-refractivity contribution in [2.75, 3.05) is 26.8 Å². The highest BCUT2D eigenvalue weighted by Crippen LogP contribution is 2.33. The Hall–Kier alpha value is -2.50. The fourth-order valence-corrected chi connectivity index (χ4v) is 2.56. The SMILES string of the molecule is C=CCOc1ccc(C(=O)N2CCC(C)(C(=O)O)C2)cc1OC. The van der Waals surface area contributed by atoms with Crippen LogP contribution in [0.3, 0.4) is 0 Å². The molecule has 1 fully saturated rings. The molecule has 1 aliphatic rings. The fraction of sp³-hybridized carbons (Fsp3) is 0.412. The van der Waals surface area contributed by atoms with Gasteiger partial charge in [0.15, 0.2) is 11.5 Å². The quantitative estimate of drug-likeness (QED) is 0.814. The Labute approximate surface area is 135 Å². The zero-order chi connectivity index (χ0) is 17.0. The Morgan fingerprint density at radius 2 is 2.17 bits per heavy atom. The minimum absolute atomic E-state index is 0.205. The molecule has 23 heavy (non-hydrogen) atoms. The molecule has 0 radical (unpaired) electrons. The molecule has 1 heterocycles. The van der Waals surface area contributed by atoms with Crippen LogP contribution in [0.2, 0.25) is 0 Å². The molecule has 6 heteroatoms. The summed E-state index contributed by atoms with van der Waals surface area (Å²) in [4.78, 5) is 25.4. The molecular formula is C17H21NO5. The number of carboxylic acids is 1. The number of hydrogen-bond donors (Lipinski definition) is 1. The first-order chi connectivity index (χ1) is 10.9. The predicted molar refractivity (Wildman–Crippen MR) is 84.9 cm³/mol. The lowest BCUT2D eigenvalue weighted by atomic mass is 9.90. The summed E-state index contributed by atoms with van der Waals surface area (Å²) < 4.78 is 10.7. The van der Waals surface area contributed by atoms with Gasteiger partial charge in [-0.1, -0.05) is 12.7 Å². The van der Waals surface area contributed by atoms with Crippen molar-refractivity contribution in [3.05, 3.63) is 36.4 Å². The van der Waals surface area contributed by atoms with Gasteiger partial charge < -0.3 is 19.5 Å². The number of ether oxygens (including phenoxy) is 2. The molecule has 1 saturated heterocycles. The van der Waals surface area contributed by atoms with E-state index in [2.05, 4.69) is 6.58 Å². The highest BCUT2D eigenvalue weighted by molar-refractivity contribution is 5.95. The molecule has 0 spiro atoms. The van der Waals surface area contributed by atoms with Crippen LogP contribution in [0.1, 0.15) is 23.7 Å². The number of rotatable bonds is 6. The van der Waals surface area contributed by atoms with Gasteiger partial charge in [-0.2, -0.15) is 0 Å². The van der Waals surface area contributed by atoms with E-state index in [-0.39, 0.29) is 12.5 Å². The van der Waals surface area contributed by atoms with Crippen molar-refractivity contribution >= 4 is 11.9 Å². The van der Waals surface area contributed by atoms with Crippen molar-refractivity contribution in [1.82, 2.24) is 4.90 Å². The van der Waals surface area contributed by atoms with Crippen molar-refractivity contribution in [2.45, 2.75) is 13.3 Å². The van der Waals surface area contributed by atoms with E-state index >= 15 is 0 Å². The predicted octanol–water partition coefficient (Wildman–Crippen LogP) is 2.20. The van der Waals surface area contributed by atoms with Gasteiger partial charge in [-0.15, -0.1) is 0 Å². The van der Waals surface area contributed by atoms with Crippen LogP contribution >= 0.6 is 0 Å². The van der Waals surface area contributed by atoms with E-state index in [1.807, 2.05) is 0 Å². The number of nitrogens with zero attached hydrogens (tertiary/aromatic N) is 1. The topological polar surface area (TPSA) is 76.1 Å². The summed E-state index contributed by atoms with van der Waals surface area (Å²) in [6, 6.07) is 4.93. The van der Waals surface area contributed by atoms with Crippen LogP contribution in [0.25, 0.3) is 0 Å². The summed E-state index contributed by atoms with van der Waals surface area (Å²) in [5.41, 5.74) is -0.435. The number of carbonyl (C=O) groups excluding carboxylic acids is 1. The van der Waals surface area contributed by atoms with E-state index in [1.165, 1.54) is 7.11 Å². The Balaban J connectivity index is 2.17. The monoisotopic (exact) mass is 319 g/mol. The van der Waals surface area contributed by atoms with Gasteiger partial charge in [-0.3, -0.25) is 9.59 Å². The number of amides is 1. The summed E-state index contributed by atoms with van der Waals surface area (Å²) >= 11 is 0. The van der Waals surface area contributed by atoms with Crippen molar-refractivity contribution < 1.29 is 24.2 Å². The van der Waals surface area contributed by atoms with Crippen molar-refractivity contribution in [3.8, 4) is 11.5 Å². The first-order valence-electron chi connectivity index (χ1n) is 7.35. The maximum absolute atomic E-state index is 12.6. The van der Waals surface area contributed by atoms with E-state index in [1.54, 1.807) is 36.1 Å². The third-order valence-corrected chi connectivity index (χ3v) is 4.04. The van der Waals surface area contributed by atoms with E-state index < -0.39 is 11.4 Å². The number of benzene rings is 1. The molecule has 0 aliphatic carbocycles. The average Bonchev–Trinajstić information content (AvgIpc) is 2.96. The number of carboxylic acid groups (broad SMARTS) is 1. The van der Waals surface area contributed by atoms with Gasteiger partial charge in [-0.05, 0) is 31.5 Å². The zero-order valence-electron chi connectivity index (χ0n) is 13.4. The lowest BCUT2D eigenvalue weighted by Gasteiger charge is -2.20. The molecule has 124 valence electrons. The van der Waals surface area contributed by atoms with Crippen molar-refractivity contribution in [3.63, 3.8) is 0 Å². The van der Waals surface area contributed by atoms with Gasteiger partial charge >= 0.3 is 5.97 Å². The molecule has 1 amide bonds. The van der Waals surface area contributed by atoms with Crippen molar-refractivity contribution in [1.29, 1.82) is 0 Å². The minimum atomic E-state index is -0.882. The smallest absolute Gasteiger partial charge is 0.311 e. The fourth-order valence-electron chi connectivity index (χ4n) is 2.56. The van der Waals surface area contributed by atoms with Crippen LogP contribution < -0.4 is 9.47 Å². The molecule has 0 bridgehead atoms. The molecule has 1 aliphatic heterocycles. The normalized spacial score (nSPS) is 20.2. The molecule has 1 atom stereocenters. The first-order valence-corrected chi connectivity index (χ1v) is 7.35. The minimum Gasteiger partial charge on any atom is -0.493 e. The summed E-state index contributed by atoms with van der Waals surface area (Å²) in [6.45, 7) is 6.22. The lowest BCUT2D eigenvalue weighted by molar-refractivity contribution is -0.147. The highest BCUT2D eigenvalue weighted by Gasteiger charge is 2.42. The molecular weight excluding hydrogens is 298 g/mol. The maximum Gasteiger partial charge on any atom is 0.311 e. The van der Waals surface area contributed by atoms with E-state index in [4.69, 9.17) is 9.47 Å². The lowest BCUT2D eigenvalue weighted by Crippen LogP contribution is -2.34. The average molecular weight is 319 g/mol. The Kier molecular flexibility index (Phi) is 4.93. The van der Waals surface area contributed by atoms with Crippen LogP contribution in [0.5, 0.6) is 11.5 Å². The van der Waals surface area contributed by atoms with Crippen LogP contribution in [0, 0.1) is 5.41 Å². The molecule has 1 N–H and O–H groups in total. The first kappa shape index (κ1) is 16.9. The Bertz CT molecular complexity index is 627. The third-order valence-electron chi connectivity index (χ3n) is 4.04. The third kappa shape index (κ3) is 3.47. The second-order valence-corrected chi connectivity index (χ2v) is 5.81. The Morgan fingerprint density at radius 1 is 1.43 bits per heavy atom. The van der Waals surface area contributed by atoms with E-state index in [0.717, 1.165) is 0 Å². The molecule has 1 aromatic rings. The van der Waals surface area contributed by atoms with E-state index in [0.29, 0.717) is 36.6 Å². The summed E-state index contributed by atoms with van der Waals surface area (Å²) in [5.74, 6) is -0.0965. The van der Waals surface area contributed by atoms with E-state index in [9.17, 15) is 14.7 Å². The summed E-state index contributed by atoms with van der Waals surface area (Å²) in [5, 5.41) is 9.26. The highest BCUT2D eigenvalue weighted by atomic mass is 16.5. The van der Waals surface area contributed by atoms with Gasteiger partial charge in [0.2, 0.25) is 0 Å². The number of hydrogen-bond acceptors (Lipinski definition) is 4. The maximum atomic E-state index is 12.6. The standard InChI is InChI=1S/C17H21NO5/c1-4-9-23-13-6-5-12(10-14(13)22-3)15(19)18-8-7-17(2,11-18)16(20)21/h4-6,10H,1,7-9,11H2,2-3H3,(H,20,21). The van der Waals surface area contributed by atoms with Crippen molar-refractivity contribution in [2.24, 2.45) is 5.41 Å². The number of carbonyl (C=O) groups is 2. The molecule has 2 rings (SSSR count). The van der Waals surface area contributed by atoms with Crippen LogP contribution in [-0.2, 0) is 4.79 Å². The van der Waals surface area contributed by atoms with Gasteiger partial charge in [0.25, 0.3) is 5.91 Å². The second-order valence-electron chi connectivity index (χ2n) is 5.81. The van der Waals surface area contributed by atoms with Crippen LogP contribution in [0.4, 0.5) is 0 Å². The largest absolute Gasteiger partial charge is 0.493 e. The molecule has 0 saturated carbocycles. The molecule has 6 nitrogen and oxygen atoms in total. The van der Waals surface area contributed by atoms with Crippen LogP contribution in [-0.4, -0.2) is 48.7 Å². The number of aliphatic carboxylic acids is 1. The molecule has 1 aromatic carbocycles. The number of methoxy groups -OCH3 is 1. The second kappa shape index (κ2) is 6.73. The zero-order valence-corrected chi connectivity index (χ0v) is 13.4. The van der Waals surface area contributed by atoms with Gasteiger partial charge in [0, 0.05) is 18.7 Å². The summed E-state index contributed by atoms with van der Waals surface area (Å²) in [7, 11) is 1.50. The van der Waals surface area contributed by atoms with Gasteiger partial charge in [-0.25, -0.2) is 0 Å². The van der Waals surface area contributed by atoms with Gasteiger partial charge in [0.1, 0.15) is 6.61 Å².